The standard InChI is InChI=1S/C17H28N2S/c1-17(2)14-19(10-7-11-20-3)16(13-18-17)12-15-8-5-4-6-9-15/h4-6,8-9,16,18H,7,10-14H2,1-3H3. The van der Waals surface area contributed by atoms with Crippen LogP contribution in [-0.4, -0.2) is 48.1 Å². The smallest absolute Gasteiger partial charge is 0.0261 e. The zero-order valence-electron chi connectivity index (χ0n) is 13.1. The number of hydrogen-bond acceptors (Lipinski definition) is 3. The fourth-order valence-electron chi connectivity index (χ4n) is 2.98. The van der Waals surface area contributed by atoms with Gasteiger partial charge in [-0.2, -0.15) is 11.8 Å². The van der Waals surface area contributed by atoms with Crippen molar-refractivity contribution in [2.24, 2.45) is 0 Å². The van der Waals surface area contributed by atoms with Gasteiger partial charge in [0.2, 0.25) is 0 Å². The quantitative estimate of drug-likeness (QED) is 0.811. The lowest BCUT2D eigenvalue weighted by Crippen LogP contribution is -2.62. The van der Waals surface area contributed by atoms with Gasteiger partial charge in [-0.05, 0) is 50.8 Å². The summed E-state index contributed by atoms with van der Waals surface area (Å²) in [7, 11) is 0. The summed E-state index contributed by atoms with van der Waals surface area (Å²) in [5.74, 6) is 1.27. The number of hydrogen-bond donors (Lipinski definition) is 1. The van der Waals surface area contributed by atoms with Crippen molar-refractivity contribution < 1.29 is 0 Å². The van der Waals surface area contributed by atoms with E-state index in [4.69, 9.17) is 0 Å². The summed E-state index contributed by atoms with van der Waals surface area (Å²) in [6.07, 6.45) is 4.65. The maximum Gasteiger partial charge on any atom is 0.0261 e. The second-order valence-electron chi connectivity index (χ2n) is 6.43. The first-order valence-electron chi connectivity index (χ1n) is 7.63. The van der Waals surface area contributed by atoms with Crippen LogP contribution >= 0.6 is 11.8 Å². The lowest BCUT2D eigenvalue weighted by atomic mass is 9.95. The van der Waals surface area contributed by atoms with Gasteiger partial charge in [-0.1, -0.05) is 30.3 Å². The Morgan fingerprint density at radius 2 is 2.05 bits per heavy atom. The molecule has 1 aromatic carbocycles. The van der Waals surface area contributed by atoms with Gasteiger partial charge in [0.1, 0.15) is 0 Å². The predicted octanol–water partition coefficient (Wildman–Crippen LogP) is 3.03. The highest BCUT2D eigenvalue weighted by molar-refractivity contribution is 7.98. The molecule has 1 fully saturated rings. The van der Waals surface area contributed by atoms with Gasteiger partial charge in [-0.3, -0.25) is 4.90 Å². The summed E-state index contributed by atoms with van der Waals surface area (Å²) >= 11 is 1.95. The van der Waals surface area contributed by atoms with Crippen molar-refractivity contribution in [2.75, 3.05) is 31.6 Å². The molecule has 112 valence electrons. The molecule has 1 unspecified atom stereocenters. The number of thioether (sulfide) groups is 1. The van der Waals surface area contributed by atoms with E-state index < -0.39 is 0 Å². The number of rotatable bonds is 6. The summed E-state index contributed by atoms with van der Waals surface area (Å²) in [4.78, 5) is 2.69. The summed E-state index contributed by atoms with van der Waals surface area (Å²) in [5.41, 5.74) is 1.70. The van der Waals surface area contributed by atoms with E-state index in [9.17, 15) is 0 Å². The Morgan fingerprint density at radius 3 is 2.75 bits per heavy atom. The van der Waals surface area contributed by atoms with E-state index in [1.54, 1.807) is 0 Å². The van der Waals surface area contributed by atoms with Crippen LogP contribution in [0.15, 0.2) is 30.3 Å². The summed E-state index contributed by atoms with van der Waals surface area (Å²) in [6, 6.07) is 11.5. The molecule has 0 aliphatic carbocycles. The molecule has 0 bridgehead atoms. The van der Waals surface area contributed by atoms with Crippen molar-refractivity contribution in [3.8, 4) is 0 Å². The second-order valence-corrected chi connectivity index (χ2v) is 7.41. The van der Waals surface area contributed by atoms with E-state index in [2.05, 4.69) is 60.7 Å². The minimum atomic E-state index is 0.243. The first-order chi connectivity index (χ1) is 9.61. The molecule has 1 aliphatic heterocycles. The minimum absolute atomic E-state index is 0.243. The molecular weight excluding hydrogens is 264 g/mol. The monoisotopic (exact) mass is 292 g/mol. The van der Waals surface area contributed by atoms with Crippen molar-refractivity contribution in [3.05, 3.63) is 35.9 Å². The molecule has 2 nitrogen and oxygen atoms in total. The van der Waals surface area contributed by atoms with Gasteiger partial charge in [-0.15, -0.1) is 0 Å². The molecule has 0 saturated carbocycles. The van der Waals surface area contributed by atoms with E-state index in [0.717, 1.165) is 19.5 Å². The zero-order chi connectivity index (χ0) is 14.4. The number of benzene rings is 1. The Morgan fingerprint density at radius 1 is 1.30 bits per heavy atom. The molecule has 1 aliphatic rings. The normalized spacial score (nSPS) is 22.9. The Hall–Kier alpha value is -0.510. The van der Waals surface area contributed by atoms with Crippen molar-refractivity contribution in [1.29, 1.82) is 0 Å². The lowest BCUT2D eigenvalue weighted by molar-refractivity contribution is 0.0954. The Bertz CT molecular complexity index is 391. The van der Waals surface area contributed by atoms with Crippen molar-refractivity contribution >= 4 is 11.8 Å². The summed E-state index contributed by atoms with van der Waals surface area (Å²) in [5, 5.41) is 3.70. The predicted molar refractivity (Wildman–Crippen MR) is 90.6 cm³/mol. The van der Waals surface area contributed by atoms with Gasteiger partial charge in [0.15, 0.2) is 0 Å². The molecule has 0 aromatic heterocycles. The topological polar surface area (TPSA) is 15.3 Å². The average Bonchev–Trinajstić information content (AvgIpc) is 2.43. The second kappa shape index (κ2) is 7.48. The molecule has 1 saturated heterocycles. The zero-order valence-corrected chi connectivity index (χ0v) is 13.9. The summed E-state index contributed by atoms with van der Waals surface area (Å²) < 4.78 is 0. The van der Waals surface area contributed by atoms with Crippen LogP contribution in [0.3, 0.4) is 0 Å². The first kappa shape index (κ1) is 15.9. The molecule has 0 amide bonds. The third-order valence-corrected chi connectivity index (χ3v) is 4.74. The number of piperazine rings is 1. The van der Waals surface area contributed by atoms with Gasteiger partial charge < -0.3 is 5.32 Å². The lowest BCUT2D eigenvalue weighted by Gasteiger charge is -2.45. The molecule has 1 atom stereocenters. The van der Waals surface area contributed by atoms with E-state index in [1.807, 2.05) is 11.8 Å². The van der Waals surface area contributed by atoms with E-state index in [1.165, 1.54) is 24.3 Å². The van der Waals surface area contributed by atoms with E-state index >= 15 is 0 Å². The third-order valence-electron chi connectivity index (χ3n) is 4.04. The van der Waals surface area contributed by atoms with Crippen LogP contribution in [0.5, 0.6) is 0 Å². The molecule has 0 spiro atoms. The fourth-order valence-corrected chi connectivity index (χ4v) is 3.39. The molecule has 1 aromatic rings. The highest BCUT2D eigenvalue weighted by Crippen LogP contribution is 2.19. The molecule has 3 heteroatoms. The van der Waals surface area contributed by atoms with Gasteiger partial charge in [0.25, 0.3) is 0 Å². The van der Waals surface area contributed by atoms with Crippen LogP contribution in [0.4, 0.5) is 0 Å². The molecule has 1 heterocycles. The number of nitrogens with one attached hydrogen (secondary N) is 1. The van der Waals surface area contributed by atoms with Gasteiger partial charge >= 0.3 is 0 Å². The molecule has 0 radical (unpaired) electrons. The first-order valence-corrected chi connectivity index (χ1v) is 9.02. The van der Waals surface area contributed by atoms with Crippen LogP contribution in [0, 0.1) is 0 Å². The van der Waals surface area contributed by atoms with Crippen LogP contribution in [0.1, 0.15) is 25.8 Å². The van der Waals surface area contributed by atoms with Crippen molar-refractivity contribution in [3.63, 3.8) is 0 Å². The Kier molecular flexibility index (Phi) is 5.94. The average molecular weight is 292 g/mol. The maximum atomic E-state index is 3.70. The van der Waals surface area contributed by atoms with Gasteiger partial charge in [0.05, 0.1) is 0 Å². The van der Waals surface area contributed by atoms with E-state index in [0.29, 0.717) is 6.04 Å². The van der Waals surface area contributed by atoms with Crippen molar-refractivity contribution in [1.82, 2.24) is 10.2 Å². The Balaban J connectivity index is 1.97. The number of nitrogens with zero attached hydrogens (tertiary/aromatic N) is 1. The highest BCUT2D eigenvalue weighted by atomic mass is 32.2. The van der Waals surface area contributed by atoms with Gasteiger partial charge in [0, 0.05) is 24.7 Å². The molecule has 1 N–H and O–H groups in total. The highest BCUT2D eigenvalue weighted by Gasteiger charge is 2.31. The van der Waals surface area contributed by atoms with Crippen LogP contribution in [-0.2, 0) is 6.42 Å². The molecule has 2 rings (SSSR count). The van der Waals surface area contributed by atoms with Crippen LogP contribution < -0.4 is 5.32 Å². The fraction of sp³-hybridized carbons (Fsp3) is 0.647. The van der Waals surface area contributed by atoms with E-state index in [-0.39, 0.29) is 5.54 Å². The third kappa shape index (κ3) is 4.80. The SMILES string of the molecule is CSCCCN1CC(C)(C)NCC1Cc1ccccc1. The molecular formula is C17H28N2S. The van der Waals surface area contributed by atoms with Crippen molar-refractivity contribution in [2.45, 2.75) is 38.3 Å². The van der Waals surface area contributed by atoms with Crippen LogP contribution in [0.2, 0.25) is 0 Å². The largest absolute Gasteiger partial charge is 0.309 e. The Labute approximate surface area is 128 Å². The molecule has 20 heavy (non-hydrogen) atoms. The minimum Gasteiger partial charge on any atom is -0.309 e. The summed E-state index contributed by atoms with van der Waals surface area (Å²) in [6.45, 7) is 8.10. The van der Waals surface area contributed by atoms with Gasteiger partial charge in [-0.25, -0.2) is 0 Å². The maximum absolute atomic E-state index is 3.70. The van der Waals surface area contributed by atoms with Crippen LogP contribution in [0.25, 0.3) is 0 Å².